The summed E-state index contributed by atoms with van der Waals surface area (Å²) in [6, 6.07) is 19.3. The molecule has 0 radical (unpaired) electrons. The highest BCUT2D eigenvalue weighted by atomic mass is 16.1. The fraction of sp³-hybridized carbons (Fsp3) is 0.158. The van der Waals surface area contributed by atoms with E-state index in [0.717, 1.165) is 11.4 Å². The van der Waals surface area contributed by atoms with E-state index in [2.05, 4.69) is 10.3 Å². The third kappa shape index (κ3) is 3.16. The quantitative estimate of drug-likeness (QED) is 0.789. The summed E-state index contributed by atoms with van der Waals surface area (Å²) in [6.07, 6.45) is 1.66. The first-order valence-electron chi connectivity index (χ1n) is 7.66. The van der Waals surface area contributed by atoms with Crippen molar-refractivity contribution in [2.45, 2.75) is 19.8 Å². The van der Waals surface area contributed by atoms with E-state index in [0.29, 0.717) is 11.5 Å². The molecule has 0 saturated carbocycles. The number of hydrogen-bond acceptors (Lipinski definition) is 3. The molecule has 0 saturated heterocycles. The summed E-state index contributed by atoms with van der Waals surface area (Å²) < 4.78 is 1.63. The van der Waals surface area contributed by atoms with Gasteiger partial charge in [-0.15, -0.1) is 0 Å². The number of hydrogen-bond donors (Lipinski definition) is 1. The standard InChI is InChI=1S/C19H19N3O/c1-14(2)17-13-20-19(21-15-9-5-3-6-10-15)22(18(17)23)16-11-7-4-8-12-16/h3-14H,1-2H3,(H,20,21). The van der Waals surface area contributed by atoms with Gasteiger partial charge in [0, 0.05) is 17.4 Å². The molecular weight excluding hydrogens is 286 g/mol. The van der Waals surface area contributed by atoms with Gasteiger partial charge < -0.3 is 5.32 Å². The van der Waals surface area contributed by atoms with Crippen molar-refractivity contribution in [3.8, 4) is 5.69 Å². The maximum absolute atomic E-state index is 12.9. The van der Waals surface area contributed by atoms with Crippen molar-refractivity contribution in [1.82, 2.24) is 9.55 Å². The first kappa shape index (κ1) is 15.0. The van der Waals surface area contributed by atoms with Gasteiger partial charge in [-0.2, -0.15) is 0 Å². The topological polar surface area (TPSA) is 46.9 Å². The van der Waals surface area contributed by atoms with Gasteiger partial charge in [-0.25, -0.2) is 9.55 Å². The highest BCUT2D eigenvalue weighted by molar-refractivity contribution is 5.55. The van der Waals surface area contributed by atoms with Crippen molar-refractivity contribution in [2.75, 3.05) is 5.32 Å². The van der Waals surface area contributed by atoms with Crippen LogP contribution in [-0.4, -0.2) is 9.55 Å². The summed E-state index contributed by atoms with van der Waals surface area (Å²) in [5.41, 5.74) is 2.35. The van der Waals surface area contributed by atoms with Gasteiger partial charge in [-0.3, -0.25) is 4.79 Å². The molecule has 0 aliphatic heterocycles. The van der Waals surface area contributed by atoms with Crippen molar-refractivity contribution in [3.63, 3.8) is 0 Å². The second-order valence-corrected chi connectivity index (χ2v) is 5.66. The molecule has 0 spiro atoms. The van der Waals surface area contributed by atoms with Crippen LogP contribution in [-0.2, 0) is 0 Å². The minimum Gasteiger partial charge on any atom is -0.325 e. The molecule has 1 N–H and O–H groups in total. The maximum atomic E-state index is 12.9. The van der Waals surface area contributed by atoms with Crippen LogP contribution < -0.4 is 10.9 Å². The second-order valence-electron chi connectivity index (χ2n) is 5.66. The Hall–Kier alpha value is -2.88. The Labute approximate surface area is 135 Å². The molecule has 4 heteroatoms. The van der Waals surface area contributed by atoms with Gasteiger partial charge in [0.1, 0.15) is 0 Å². The Morgan fingerprint density at radius 3 is 2.17 bits per heavy atom. The predicted octanol–water partition coefficient (Wildman–Crippen LogP) is 4.10. The second kappa shape index (κ2) is 6.48. The van der Waals surface area contributed by atoms with Crippen LogP contribution in [0.2, 0.25) is 0 Å². The SMILES string of the molecule is CC(C)c1cnc(Nc2ccccc2)n(-c2ccccc2)c1=O. The lowest BCUT2D eigenvalue weighted by molar-refractivity contribution is 0.803. The van der Waals surface area contributed by atoms with E-state index in [1.165, 1.54) is 0 Å². The fourth-order valence-electron chi connectivity index (χ4n) is 2.42. The first-order valence-corrected chi connectivity index (χ1v) is 7.66. The molecule has 3 rings (SSSR count). The normalized spacial score (nSPS) is 10.7. The monoisotopic (exact) mass is 305 g/mol. The Morgan fingerprint density at radius 1 is 0.957 bits per heavy atom. The highest BCUT2D eigenvalue weighted by Crippen LogP contribution is 2.18. The lowest BCUT2D eigenvalue weighted by Crippen LogP contribution is -2.26. The Bertz CT molecular complexity index is 839. The van der Waals surface area contributed by atoms with Crippen LogP contribution >= 0.6 is 0 Å². The van der Waals surface area contributed by atoms with Crippen molar-refractivity contribution < 1.29 is 0 Å². The summed E-state index contributed by atoms with van der Waals surface area (Å²) in [5, 5.41) is 3.23. The molecule has 3 aromatic rings. The van der Waals surface area contributed by atoms with Crippen molar-refractivity contribution >= 4 is 11.6 Å². The number of aromatic nitrogens is 2. The van der Waals surface area contributed by atoms with Crippen LogP contribution in [0.15, 0.2) is 71.7 Å². The minimum absolute atomic E-state index is 0.0420. The molecule has 116 valence electrons. The average molecular weight is 305 g/mol. The molecule has 0 atom stereocenters. The molecule has 0 bridgehead atoms. The minimum atomic E-state index is -0.0420. The van der Waals surface area contributed by atoms with Crippen molar-refractivity contribution in [3.05, 3.63) is 82.8 Å². The van der Waals surface area contributed by atoms with E-state index < -0.39 is 0 Å². The van der Waals surface area contributed by atoms with E-state index in [4.69, 9.17) is 0 Å². The van der Waals surface area contributed by atoms with Crippen molar-refractivity contribution in [1.29, 1.82) is 0 Å². The average Bonchev–Trinajstić information content (AvgIpc) is 2.56. The summed E-state index contributed by atoms with van der Waals surface area (Å²) in [4.78, 5) is 17.4. The van der Waals surface area contributed by atoms with Gasteiger partial charge >= 0.3 is 0 Å². The number of rotatable bonds is 4. The molecule has 0 aliphatic carbocycles. The molecule has 1 aromatic heterocycles. The Morgan fingerprint density at radius 2 is 1.57 bits per heavy atom. The van der Waals surface area contributed by atoms with Crippen LogP contribution in [0.1, 0.15) is 25.3 Å². The first-order chi connectivity index (χ1) is 11.2. The van der Waals surface area contributed by atoms with Gasteiger partial charge in [0.15, 0.2) is 0 Å². The van der Waals surface area contributed by atoms with Crippen LogP contribution in [0.5, 0.6) is 0 Å². The van der Waals surface area contributed by atoms with Crippen LogP contribution in [0, 0.1) is 0 Å². The fourth-order valence-corrected chi connectivity index (χ4v) is 2.42. The zero-order chi connectivity index (χ0) is 16.2. The van der Waals surface area contributed by atoms with Crippen LogP contribution in [0.25, 0.3) is 5.69 Å². The van der Waals surface area contributed by atoms with E-state index in [1.807, 2.05) is 74.5 Å². The molecule has 2 aromatic carbocycles. The third-order valence-corrected chi connectivity index (χ3v) is 3.65. The molecular formula is C19H19N3O. The lowest BCUT2D eigenvalue weighted by atomic mass is 10.1. The summed E-state index contributed by atoms with van der Waals surface area (Å²) in [6.45, 7) is 4.00. The van der Waals surface area contributed by atoms with Gasteiger partial charge in [0.2, 0.25) is 5.95 Å². The number of nitrogens with one attached hydrogen (secondary N) is 1. The van der Waals surface area contributed by atoms with Crippen LogP contribution in [0.3, 0.4) is 0 Å². The highest BCUT2D eigenvalue weighted by Gasteiger charge is 2.14. The number of nitrogens with zero attached hydrogens (tertiary/aromatic N) is 2. The van der Waals surface area contributed by atoms with E-state index in [1.54, 1.807) is 10.8 Å². The smallest absolute Gasteiger partial charge is 0.262 e. The molecule has 0 fully saturated rings. The van der Waals surface area contributed by atoms with Gasteiger partial charge in [-0.1, -0.05) is 50.2 Å². The molecule has 0 unspecified atom stereocenters. The zero-order valence-corrected chi connectivity index (χ0v) is 13.2. The molecule has 0 amide bonds. The summed E-state index contributed by atoms with van der Waals surface area (Å²) in [5.74, 6) is 0.632. The number of para-hydroxylation sites is 2. The van der Waals surface area contributed by atoms with Crippen LogP contribution in [0.4, 0.5) is 11.6 Å². The number of anilines is 2. The lowest BCUT2D eigenvalue weighted by Gasteiger charge is -2.16. The zero-order valence-electron chi connectivity index (χ0n) is 13.2. The van der Waals surface area contributed by atoms with Crippen molar-refractivity contribution in [2.24, 2.45) is 0 Å². The van der Waals surface area contributed by atoms with Gasteiger partial charge in [0.05, 0.1) is 5.69 Å². The predicted molar refractivity (Wildman–Crippen MR) is 93.6 cm³/mol. The molecule has 0 aliphatic rings. The van der Waals surface area contributed by atoms with Gasteiger partial charge in [-0.05, 0) is 30.2 Å². The van der Waals surface area contributed by atoms with E-state index in [9.17, 15) is 4.79 Å². The van der Waals surface area contributed by atoms with E-state index in [-0.39, 0.29) is 11.5 Å². The molecule has 23 heavy (non-hydrogen) atoms. The maximum Gasteiger partial charge on any atom is 0.262 e. The third-order valence-electron chi connectivity index (χ3n) is 3.65. The van der Waals surface area contributed by atoms with E-state index >= 15 is 0 Å². The number of benzene rings is 2. The molecule has 4 nitrogen and oxygen atoms in total. The Kier molecular flexibility index (Phi) is 4.24. The Balaban J connectivity index is 2.16. The summed E-state index contributed by atoms with van der Waals surface area (Å²) in [7, 11) is 0. The largest absolute Gasteiger partial charge is 0.325 e. The van der Waals surface area contributed by atoms with Gasteiger partial charge in [0.25, 0.3) is 5.56 Å². The molecule has 1 heterocycles. The summed E-state index contributed by atoms with van der Waals surface area (Å²) >= 11 is 0.